The lowest BCUT2D eigenvalue weighted by atomic mass is 10.2. The molecule has 0 radical (unpaired) electrons. The monoisotopic (exact) mass is 335 g/mol. The third-order valence-electron chi connectivity index (χ3n) is 3.49. The molecule has 0 saturated carbocycles. The first-order valence-corrected chi connectivity index (χ1v) is 8.37. The minimum absolute atomic E-state index is 0.465. The number of nitrogens with zero attached hydrogens (tertiary/aromatic N) is 5. The molecule has 118 valence electrons. The van der Waals surface area contributed by atoms with Crippen LogP contribution in [0.2, 0.25) is 0 Å². The fraction of sp³-hybridized carbons (Fsp3) is 0.118. The second kappa shape index (κ2) is 6.37. The highest BCUT2D eigenvalue weighted by Gasteiger charge is 2.11. The van der Waals surface area contributed by atoms with Crippen LogP contribution < -0.4 is 0 Å². The summed E-state index contributed by atoms with van der Waals surface area (Å²) in [5, 5.41) is 8.63. The number of fused-ring (bicyclic) bond motifs is 1. The first kappa shape index (κ1) is 14.8. The Labute approximate surface area is 142 Å². The van der Waals surface area contributed by atoms with Gasteiger partial charge in [0.25, 0.3) is 5.22 Å². The van der Waals surface area contributed by atoms with Crippen molar-refractivity contribution in [1.29, 1.82) is 0 Å². The third-order valence-corrected chi connectivity index (χ3v) is 4.32. The molecule has 1 aromatic carbocycles. The van der Waals surface area contributed by atoms with Crippen LogP contribution in [0.3, 0.4) is 0 Å². The Kier molecular flexibility index (Phi) is 3.92. The number of aromatic nitrogens is 5. The lowest BCUT2D eigenvalue weighted by Gasteiger charge is -2.04. The Morgan fingerprint density at radius 1 is 1.00 bits per heavy atom. The van der Waals surface area contributed by atoms with Gasteiger partial charge in [-0.1, -0.05) is 23.9 Å². The van der Waals surface area contributed by atoms with Crippen LogP contribution in [0, 0.1) is 6.92 Å². The second-order valence-electron chi connectivity index (χ2n) is 5.15. The molecule has 0 spiro atoms. The predicted octanol–water partition coefficient (Wildman–Crippen LogP) is 3.68. The van der Waals surface area contributed by atoms with E-state index in [4.69, 9.17) is 4.42 Å². The summed E-state index contributed by atoms with van der Waals surface area (Å²) in [5.41, 5.74) is 4.42. The molecule has 0 N–H and O–H groups in total. The lowest BCUT2D eigenvalue weighted by Crippen LogP contribution is -1.96. The molecule has 0 aliphatic heterocycles. The van der Waals surface area contributed by atoms with Gasteiger partial charge in [-0.2, -0.15) is 0 Å². The maximum absolute atomic E-state index is 5.67. The van der Waals surface area contributed by atoms with E-state index in [2.05, 4.69) is 25.1 Å². The quantitative estimate of drug-likeness (QED) is 0.526. The normalized spacial score (nSPS) is 11.0. The van der Waals surface area contributed by atoms with Crippen LogP contribution in [0.4, 0.5) is 0 Å². The van der Waals surface area contributed by atoms with E-state index < -0.39 is 0 Å². The van der Waals surface area contributed by atoms with E-state index in [0.29, 0.717) is 16.9 Å². The third kappa shape index (κ3) is 2.98. The number of thioether (sulfide) groups is 1. The smallest absolute Gasteiger partial charge is 0.277 e. The highest BCUT2D eigenvalue weighted by atomic mass is 32.2. The molecule has 0 bridgehead atoms. The van der Waals surface area contributed by atoms with E-state index in [1.165, 1.54) is 11.8 Å². The molecule has 24 heavy (non-hydrogen) atoms. The summed E-state index contributed by atoms with van der Waals surface area (Å²) in [6, 6.07) is 11.6. The Hall–Kier alpha value is -2.80. The number of benzene rings is 1. The molecular weight excluding hydrogens is 322 g/mol. The molecule has 0 fully saturated rings. The molecule has 7 heteroatoms. The molecule has 0 aliphatic carbocycles. The van der Waals surface area contributed by atoms with Crippen molar-refractivity contribution in [1.82, 2.24) is 25.1 Å². The molecular formula is C17H13N5OS. The van der Waals surface area contributed by atoms with Crippen LogP contribution in [0.15, 0.2) is 58.4 Å². The summed E-state index contributed by atoms with van der Waals surface area (Å²) in [6.07, 6.45) is 3.40. The maximum atomic E-state index is 5.67. The Balaban J connectivity index is 1.53. The van der Waals surface area contributed by atoms with Gasteiger partial charge < -0.3 is 4.42 Å². The van der Waals surface area contributed by atoms with E-state index in [1.807, 2.05) is 43.3 Å². The van der Waals surface area contributed by atoms with Crippen LogP contribution in [0.1, 0.15) is 11.4 Å². The molecule has 4 rings (SSSR count). The van der Waals surface area contributed by atoms with Gasteiger partial charge in [-0.3, -0.25) is 4.98 Å². The maximum Gasteiger partial charge on any atom is 0.277 e. The predicted molar refractivity (Wildman–Crippen MR) is 91.4 cm³/mol. The van der Waals surface area contributed by atoms with E-state index >= 15 is 0 Å². The molecule has 0 amide bonds. The number of rotatable bonds is 4. The Morgan fingerprint density at radius 2 is 1.83 bits per heavy atom. The average molecular weight is 335 g/mol. The van der Waals surface area contributed by atoms with Crippen LogP contribution in [0.5, 0.6) is 0 Å². The highest BCUT2D eigenvalue weighted by Crippen LogP contribution is 2.26. The van der Waals surface area contributed by atoms with Gasteiger partial charge in [-0.25, -0.2) is 9.97 Å². The lowest BCUT2D eigenvalue weighted by molar-refractivity contribution is 0.465. The SMILES string of the molecule is Cc1nc2ccccc2nc1CSc1nnc(-c2cccnc2)o1. The van der Waals surface area contributed by atoms with Gasteiger partial charge in [0.15, 0.2) is 0 Å². The van der Waals surface area contributed by atoms with Crippen molar-refractivity contribution in [2.24, 2.45) is 0 Å². The fourth-order valence-corrected chi connectivity index (χ4v) is 3.04. The molecule has 0 aliphatic rings. The zero-order valence-corrected chi connectivity index (χ0v) is 13.7. The number of hydrogen-bond acceptors (Lipinski definition) is 7. The molecule has 0 saturated heterocycles. The van der Waals surface area contributed by atoms with E-state index in [9.17, 15) is 0 Å². The topological polar surface area (TPSA) is 77.6 Å². The average Bonchev–Trinajstić information content (AvgIpc) is 3.10. The van der Waals surface area contributed by atoms with E-state index in [1.54, 1.807) is 12.4 Å². The standard InChI is InChI=1S/C17H13N5OS/c1-11-15(20-14-7-3-2-6-13(14)19-11)10-24-17-22-21-16(23-17)12-5-4-8-18-9-12/h2-9H,10H2,1H3. The van der Waals surface area contributed by atoms with Gasteiger partial charge in [0.1, 0.15) is 0 Å². The molecule has 3 aromatic heterocycles. The molecule has 6 nitrogen and oxygen atoms in total. The van der Waals surface area contributed by atoms with Crippen LogP contribution in [-0.2, 0) is 5.75 Å². The molecule has 3 heterocycles. The number of aryl methyl sites for hydroxylation is 1. The minimum Gasteiger partial charge on any atom is -0.411 e. The van der Waals surface area contributed by atoms with Gasteiger partial charge in [0.05, 0.1) is 28.0 Å². The van der Waals surface area contributed by atoms with E-state index in [-0.39, 0.29) is 0 Å². The van der Waals surface area contributed by atoms with Crippen molar-refractivity contribution in [3.63, 3.8) is 0 Å². The Morgan fingerprint density at radius 3 is 2.62 bits per heavy atom. The summed E-state index contributed by atoms with van der Waals surface area (Å²) in [6.45, 7) is 1.96. The van der Waals surface area contributed by atoms with Crippen molar-refractivity contribution in [3.05, 3.63) is 60.2 Å². The van der Waals surface area contributed by atoms with Crippen molar-refractivity contribution < 1.29 is 4.42 Å². The zero-order valence-electron chi connectivity index (χ0n) is 12.9. The largest absolute Gasteiger partial charge is 0.411 e. The van der Waals surface area contributed by atoms with Crippen molar-refractivity contribution in [3.8, 4) is 11.5 Å². The molecule has 0 atom stereocenters. The van der Waals surface area contributed by atoms with Gasteiger partial charge in [-0.15, -0.1) is 10.2 Å². The van der Waals surface area contributed by atoms with Gasteiger partial charge in [-0.05, 0) is 31.2 Å². The van der Waals surface area contributed by atoms with Crippen LogP contribution >= 0.6 is 11.8 Å². The van der Waals surface area contributed by atoms with E-state index in [0.717, 1.165) is 28.0 Å². The van der Waals surface area contributed by atoms with Crippen LogP contribution in [0.25, 0.3) is 22.5 Å². The minimum atomic E-state index is 0.465. The number of hydrogen-bond donors (Lipinski definition) is 0. The van der Waals surface area contributed by atoms with Gasteiger partial charge in [0.2, 0.25) is 5.89 Å². The summed E-state index contributed by atoms with van der Waals surface area (Å²) in [4.78, 5) is 13.3. The van der Waals surface area contributed by atoms with Crippen molar-refractivity contribution in [2.75, 3.05) is 0 Å². The fourth-order valence-electron chi connectivity index (χ4n) is 2.27. The molecule has 0 unspecified atom stereocenters. The summed E-state index contributed by atoms with van der Waals surface area (Å²) < 4.78 is 5.67. The summed E-state index contributed by atoms with van der Waals surface area (Å²) in [5.74, 6) is 1.09. The zero-order chi connectivity index (χ0) is 16.4. The first-order chi connectivity index (χ1) is 11.8. The van der Waals surface area contributed by atoms with Gasteiger partial charge in [0, 0.05) is 18.1 Å². The van der Waals surface area contributed by atoms with Crippen molar-refractivity contribution >= 4 is 22.8 Å². The number of para-hydroxylation sites is 2. The second-order valence-corrected chi connectivity index (χ2v) is 6.07. The van der Waals surface area contributed by atoms with Gasteiger partial charge >= 0.3 is 0 Å². The molecule has 4 aromatic rings. The summed E-state index contributed by atoms with van der Waals surface area (Å²) >= 11 is 1.45. The van der Waals surface area contributed by atoms with Crippen LogP contribution in [-0.4, -0.2) is 25.1 Å². The summed E-state index contributed by atoms with van der Waals surface area (Å²) in [7, 11) is 0. The number of pyridine rings is 1. The first-order valence-electron chi connectivity index (χ1n) is 7.38. The van der Waals surface area contributed by atoms with Crippen molar-refractivity contribution in [2.45, 2.75) is 17.9 Å². The Bertz CT molecular complexity index is 987. The highest BCUT2D eigenvalue weighted by molar-refractivity contribution is 7.98.